The fourth-order valence-corrected chi connectivity index (χ4v) is 2.61. The summed E-state index contributed by atoms with van der Waals surface area (Å²) in [5.41, 5.74) is 2.44. The van der Waals surface area contributed by atoms with Gasteiger partial charge in [-0.05, 0) is 30.9 Å². The van der Waals surface area contributed by atoms with Crippen molar-refractivity contribution in [3.8, 4) is 0 Å². The monoisotopic (exact) mass is 273 g/mol. The molecule has 2 aromatic rings. The maximum atomic E-state index is 6.21. The first kappa shape index (κ1) is 15.1. The third-order valence-electron chi connectivity index (χ3n) is 3.76. The predicted molar refractivity (Wildman–Crippen MR) is 86.2 cm³/mol. The number of hydrogen-bond acceptors (Lipinski definition) is 2. The van der Waals surface area contributed by atoms with Crippen molar-refractivity contribution < 1.29 is 4.42 Å². The van der Waals surface area contributed by atoms with Gasteiger partial charge >= 0.3 is 0 Å². The molecule has 2 rings (SSSR count). The highest BCUT2D eigenvalue weighted by molar-refractivity contribution is 5.82. The lowest BCUT2D eigenvalue weighted by atomic mass is 9.86. The number of hydrogen-bond donors (Lipinski definition) is 1. The molecule has 0 fully saturated rings. The van der Waals surface area contributed by atoms with Crippen LogP contribution in [-0.2, 0) is 5.41 Å². The van der Waals surface area contributed by atoms with Gasteiger partial charge in [-0.1, -0.05) is 52.8 Å². The Morgan fingerprint density at radius 2 is 1.95 bits per heavy atom. The van der Waals surface area contributed by atoms with E-state index in [-0.39, 0.29) is 5.41 Å². The van der Waals surface area contributed by atoms with Gasteiger partial charge in [-0.15, -0.1) is 0 Å². The van der Waals surface area contributed by atoms with E-state index in [1.165, 1.54) is 10.9 Å². The van der Waals surface area contributed by atoms with Gasteiger partial charge in [-0.3, -0.25) is 0 Å². The molecule has 2 nitrogen and oxygen atoms in total. The lowest BCUT2D eigenvalue weighted by molar-refractivity contribution is 0.418. The Hall–Kier alpha value is -1.28. The van der Waals surface area contributed by atoms with Crippen LogP contribution in [0.1, 0.15) is 64.8 Å². The first-order valence-corrected chi connectivity index (χ1v) is 7.73. The van der Waals surface area contributed by atoms with Gasteiger partial charge in [0.25, 0.3) is 0 Å². The highest BCUT2D eigenvalue weighted by Crippen LogP contribution is 2.33. The van der Waals surface area contributed by atoms with Crippen LogP contribution < -0.4 is 5.32 Å². The van der Waals surface area contributed by atoms with Crippen molar-refractivity contribution in [2.45, 2.75) is 58.9 Å². The Bertz CT molecular complexity index is 562. The summed E-state index contributed by atoms with van der Waals surface area (Å²) in [6.45, 7) is 12.1. The number of rotatable bonds is 5. The quantitative estimate of drug-likeness (QED) is 0.812. The average Bonchev–Trinajstić information content (AvgIpc) is 2.81. The van der Waals surface area contributed by atoms with Gasteiger partial charge in [0, 0.05) is 10.9 Å². The van der Waals surface area contributed by atoms with Gasteiger partial charge in [0.1, 0.15) is 11.3 Å². The number of fused-ring (bicyclic) bond motifs is 1. The molecule has 0 bridgehead atoms. The first-order valence-electron chi connectivity index (χ1n) is 7.73. The molecule has 0 aliphatic rings. The third-order valence-corrected chi connectivity index (χ3v) is 3.76. The highest BCUT2D eigenvalue weighted by Gasteiger charge is 2.21. The summed E-state index contributed by atoms with van der Waals surface area (Å²) in [6.07, 6.45) is 2.19. The molecule has 1 unspecified atom stereocenters. The van der Waals surface area contributed by atoms with Crippen LogP contribution in [-0.4, -0.2) is 6.54 Å². The summed E-state index contributed by atoms with van der Waals surface area (Å²) >= 11 is 0. The molecule has 2 heteroatoms. The molecule has 1 aromatic carbocycles. The molecule has 1 heterocycles. The average molecular weight is 273 g/mol. The summed E-state index contributed by atoms with van der Waals surface area (Å²) in [7, 11) is 0. The number of para-hydroxylation sites is 1. The lowest BCUT2D eigenvalue weighted by Gasteiger charge is -2.19. The van der Waals surface area contributed by atoms with Gasteiger partial charge in [0.2, 0.25) is 0 Å². The molecule has 1 atom stereocenters. The van der Waals surface area contributed by atoms with E-state index in [1.54, 1.807) is 0 Å². The van der Waals surface area contributed by atoms with E-state index in [4.69, 9.17) is 4.42 Å². The zero-order chi connectivity index (χ0) is 14.8. The predicted octanol–water partition coefficient (Wildman–Crippen LogP) is 5.18. The Morgan fingerprint density at radius 1 is 1.20 bits per heavy atom. The molecule has 0 aliphatic carbocycles. The van der Waals surface area contributed by atoms with Crippen LogP contribution in [0.3, 0.4) is 0 Å². The SMILES string of the molecule is CCCNC(CC)c1cc2cccc(C(C)(C)C)c2o1. The normalized spacial score (nSPS) is 13.8. The zero-order valence-corrected chi connectivity index (χ0v) is 13.4. The fourth-order valence-electron chi connectivity index (χ4n) is 2.61. The van der Waals surface area contributed by atoms with E-state index in [0.717, 1.165) is 30.7 Å². The topological polar surface area (TPSA) is 25.2 Å². The summed E-state index contributed by atoms with van der Waals surface area (Å²) in [5.74, 6) is 1.06. The zero-order valence-electron chi connectivity index (χ0n) is 13.4. The van der Waals surface area contributed by atoms with Crippen molar-refractivity contribution in [3.63, 3.8) is 0 Å². The van der Waals surface area contributed by atoms with Gasteiger partial charge in [0.15, 0.2) is 0 Å². The van der Waals surface area contributed by atoms with Crippen molar-refractivity contribution in [1.82, 2.24) is 5.32 Å². The van der Waals surface area contributed by atoms with Gasteiger partial charge in [0.05, 0.1) is 6.04 Å². The molecule has 0 amide bonds. The standard InChI is InChI=1S/C18H27NO/c1-6-11-19-15(7-2)16-12-13-9-8-10-14(17(13)20-16)18(3,4)5/h8-10,12,15,19H,6-7,11H2,1-5H3. The van der Waals surface area contributed by atoms with E-state index in [1.807, 2.05) is 0 Å². The van der Waals surface area contributed by atoms with Crippen LogP contribution in [0.25, 0.3) is 11.0 Å². The number of nitrogens with one attached hydrogen (secondary N) is 1. The van der Waals surface area contributed by atoms with Crippen molar-refractivity contribution in [1.29, 1.82) is 0 Å². The smallest absolute Gasteiger partial charge is 0.138 e. The molecule has 1 aromatic heterocycles. The molecule has 0 spiro atoms. The van der Waals surface area contributed by atoms with Crippen molar-refractivity contribution in [2.24, 2.45) is 0 Å². The van der Waals surface area contributed by atoms with Crippen molar-refractivity contribution in [2.75, 3.05) is 6.54 Å². The van der Waals surface area contributed by atoms with Crippen molar-refractivity contribution in [3.05, 3.63) is 35.6 Å². The molecule has 110 valence electrons. The van der Waals surface area contributed by atoms with E-state index >= 15 is 0 Å². The van der Waals surface area contributed by atoms with Crippen LogP contribution in [0.4, 0.5) is 0 Å². The van der Waals surface area contributed by atoms with E-state index in [2.05, 4.69) is 64.2 Å². The van der Waals surface area contributed by atoms with Crippen LogP contribution in [0.15, 0.2) is 28.7 Å². The van der Waals surface area contributed by atoms with Crippen LogP contribution >= 0.6 is 0 Å². The summed E-state index contributed by atoms with van der Waals surface area (Å²) < 4.78 is 6.21. The lowest BCUT2D eigenvalue weighted by Crippen LogP contribution is -2.20. The molecule has 0 saturated heterocycles. The summed E-state index contributed by atoms with van der Waals surface area (Å²) in [6, 6.07) is 8.96. The van der Waals surface area contributed by atoms with Gasteiger partial charge < -0.3 is 9.73 Å². The highest BCUT2D eigenvalue weighted by atomic mass is 16.3. The molecule has 1 N–H and O–H groups in total. The summed E-state index contributed by atoms with van der Waals surface area (Å²) in [5, 5.41) is 4.77. The largest absolute Gasteiger partial charge is 0.459 e. The Morgan fingerprint density at radius 3 is 2.55 bits per heavy atom. The van der Waals surface area contributed by atoms with Crippen LogP contribution in [0.2, 0.25) is 0 Å². The molecule has 0 radical (unpaired) electrons. The maximum Gasteiger partial charge on any atom is 0.138 e. The second-order valence-electron chi connectivity index (χ2n) is 6.54. The van der Waals surface area contributed by atoms with Gasteiger partial charge in [-0.25, -0.2) is 0 Å². The third kappa shape index (κ3) is 3.06. The molecular formula is C18H27NO. The Balaban J connectivity index is 2.42. The van der Waals surface area contributed by atoms with Crippen molar-refractivity contribution >= 4 is 11.0 Å². The number of benzene rings is 1. The molecule has 20 heavy (non-hydrogen) atoms. The fraction of sp³-hybridized carbons (Fsp3) is 0.556. The van der Waals surface area contributed by atoms with E-state index in [0.29, 0.717) is 6.04 Å². The summed E-state index contributed by atoms with van der Waals surface area (Å²) in [4.78, 5) is 0. The number of furan rings is 1. The minimum absolute atomic E-state index is 0.104. The first-order chi connectivity index (χ1) is 9.47. The minimum atomic E-state index is 0.104. The molecule has 0 aliphatic heterocycles. The van der Waals surface area contributed by atoms with Crippen LogP contribution in [0.5, 0.6) is 0 Å². The van der Waals surface area contributed by atoms with Crippen LogP contribution in [0, 0.1) is 0 Å². The van der Waals surface area contributed by atoms with Gasteiger partial charge in [-0.2, -0.15) is 0 Å². The second-order valence-corrected chi connectivity index (χ2v) is 6.54. The van der Waals surface area contributed by atoms with E-state index in [9.17, 15) is 0 Å². The molecular weight excluding hydrogens is 246 g/mol. The minimum Gasteiger partial charge on any atom is -0.459 e. The maximum absolute atomic E-state index is 6.21. The second kappa shape index (κ2) is 6.01. The Kier molecular flexibility index (Phi) is 4.54. The molecule has 0 saturated carbocycles. The Labute approximate surface area is 122 Å². The van der Waals surface area contributed by atoms with E-state index < -0.39 is 0 Å².